The molecule has 1 atom stereocenters. The van der Waals surface area contributed by atoms with Crippen molar-refractivity contribution in [3.05, 3.63) is 60.2 Å². The van der Waals surface area contributed by atoms with E-state index >= 15 is 0 Å². The van der Waals surface area contributed by atoms with Crippen LogP contribution < -0.4 is 0 Å². The van der Waals surface area contributed by atoms with E-state index in [4.69, 9.17) is 4.74 Å². The summed E-state index contributed by atoms with van der Waals surface area (Å²) in [6, 6.07) is 17.8. The van der Waals surface area contributed by atoms with E-state index in [1.54, 1.807) is 0 Å². The molecule has 0 amide bonds. The summed E-state index contributed by atoms with van der Waals surface area (Å²) >= 11 is 0. The van der Waals surface area contributed by atoms with Crippen molar-refractivity contribution in [3.8, 4) is 0 Å². The summed E-state index contributed by atoms with van der Waals surface area (Å²) < 4.78 is 4.98. The molecule has 0 aliphatic rings. The van der Waals surface area contributed by atoms with Crippen LogP contribution in [0.5, 0.6) is 0 Å². The van der Waals surface area contributed by atoms with E-state index < -0.39 is 0 Å². The number of esters is 1. The molecule has 19 heavy (non-hydrogen) atoms. The van der Waals surface area contributed by atoms with Crippen LogP contribution in [0.1, 0.15) is 31.7 Å². The quantitative estimate of drug-likeness (QED) is 0.487. The van der Waals surface area contributed by atoms with Crippen molar-refractivity contribution >= 4 is 5.97 Å². The molecular formula is C16H20FeO2. The fraction of sp³-hybridized carbons (Fsp3) is 0.312. The molecule has 0 fully saturated rings. The van der Waals surface area contributed by atoms with Gasteiger partial charge in [0.25, 0.3) is 0 Å². The van der Waals surface area contributed by atoms with Crippen LogP contribution in [0, 0.1) is 0 Å². The molecule has 0 N–H and O–H groups in total. The van der Waals surface area contributed by atoms with E-state index in [1.807, 2.05) is 68.4 Å². The van der Waals surface area contributed by atoms with E-state index in [-0.39, 0.29) is 29.0 Å². The minimum Gasteiger partial charge on any atom is -0.466 e. The molecule has 0 spiro atoms. The number of rotatable bonds is 4. The SMILES string of the molecule is CCOC(=O)C(CC)c1ccc[cH-]1.[Fe+2].c1cc[cH-]c1. The second-order valence-corrected chi connectivity index (χ2v) is 3.89. The molecule has 0 aliphatic heterocycles. The van der Waals surface area contributed by atoms with Gasteiger partial charge in [0.1, 0.15) is 0 Å². The number of carbonyl (C=O) groups is 1. The average molecular weight is 300 g/mol. The zero-order chi connectivity index (χ0) is 13.2. The van der Waals surface area contributed by atoms with Crippen LogP contribution >= 0.6 is 0 Å². The maximum absolute atomic E-state index is 11.5. The van der Waals surface area contributed by atoms with Gasteiger partial charge < -0.3 is 4.74 Å². The minimum absolute atomic E-state index is 0. The van der Waals surface area contributed by atoms with Crippen molar-refractivity contribution < 1.29 is 26.6 Å². The molecule has 1 unspecified atom stereocenters. The summed E-state index contributed by atoms with van der Waals surface area (Å²) in [5.41, 5.74) is 1.06. The zero-order valence-corrected chi connectivity index (χ0v) is 12.5. The third-order valence-electron chi connectivity index (χ3n) is 2.63. The number of hydrogen-bond donors (Lipinski definition) is 0. The first-order valence-corrected chi connectivity index (χ1v) is 6.34. The van der Waals surface area contributed by atoms with Crippen molar-refractivity contribution in [2.45, 2.75) is 26.2 Å². The maximum atomic E-state index is 11.5. The Morgan fingerprint density at radius 3 is 2.26 bits per heavy atom. The van der Waals surface area contributed by atoms with Gasteiger partial charge in [-0.05, 0) is 13.3 Å². The van der Waals surface area contributed by atoms with Gasteiger partial charge in [-0.25, -0.2) is 24.3 Å². The maximum Gasteiger partial charge on any atom is 2.00 e. The molecule has 0 aliphatic carbocycles. The molecule has 0 aromatic heterocycles. The Bertz CT molecular complexity index is 387. The van der Waals surface area contributed by atoms with E-state index in [9.17, 15) is 4.79 Å². The molecule has 0 saturated heterocycles. The van der Waals surface area contributed by atoms with Crippen molar-refractivity contribution in [3.63, 3.8) is 0 Å². The van der Waals surface area contributed by atoms with Gasteiger partial charge in [0.15, 0.2) is 0 Å². The van der Waals surface area contributed by atoms with Crippen LogP contribution in [0.2, 0.25) is 0 Å². The second-order valence-electron chi connectivity index (χ2n) is 3.89. The van der Waals surface area contributed by atoms with Gasteiger partial charge >= 0.3 is 23.0 Å². The molecule has 2 aromatic rings. The predicted octanol–water partition coefficient (Wildman–Crippen LogP) is 3.87. The Hall–Kier alpha value is -1.31. The van der Waals surface area contributed by atoms with Gasteiger partial charge in [-0.2, -0.15) is 35.9 Å². The van der Waals surface area contributed by atoms with Gasteiger partial charge in [-0.1, -0.05) is 6.92 Å². The van der Waals surface area contributed by atoms with Crippen molar-refractivity contribution in [1.29, 1.82) is 0 Å². The molecule has 0 radical (unpaired) electrons. The first-order chi connectivity index (χ1) is 8.79. The van der Waals surface area contributed by atoms with E-state index in [2.05, 4.69) is 0 Å². The summed E-state index contributed by atoms with van der Waals surface area (Å²) in [5, 5.41) is 0. The Morgan fingerprint density at radius 1 is 1.21 bits per heavy atom. The van der Waals surface area contributed by atoms with E-state index in [1.165, 1.54) is 0 Å². The Morgan fingerprint density at radius 2 is 1.89 bits per heavy atom. The molecule has 0 saturated carbocycles. The van der Waals surface area contributed by atoms with Crippen LogP contribution in [0.15, 0.2) is 54.6 Å². The largest absolute Gasteiger partial charge is 2.00 e. The summed E-state index contributed by atoms with van der Waals surface area (Å²) in [6.45, 7) is 4.28. The molecular weight excluding hydrogens is 280 g/mol. The third-order valence-corrected chi connectivity index (χ3v) is 2.63. The van der Waals surface area contributed by atoms with E-state index in [0.29, 0.717) is 6.61 Å². The topological polar surface area (TPSA) is 26.3 Å². The summed E-state index contributed by atoms with van der Waals surface area (Å²) in [4.78, 5) is 11.5. The van der Waals surface area contributed by atoms with Gasteiger partial charge in [0.05, 0.1) is 12.5 Å². The summed E-state index contributed by atoms with van der Waals surface area (Å²) in [6.07, 6.45) is 0.794. The molecule has 2 rings (SSSR count). The molecule has 0 heterocycles. The van der Waals surface area contributed by atoms with E-state index in [0.717, 1.165) is 12.0 Å². The number of hydrogen-bond acceptors (Lipinski definition) is 2. The zero-order valence-electron chi connectivity index (χ0n) is 11.4. The second kappa shape index (κ2) is 10.6. The normalized spacial score (nSPS) is 10.6. The standard InChI is InChI=1S/C11H15O2.C5H5.Fe/c1-3-10(11(12)13-4-2)9-7-5-6-8-9;1-2-4-5-3-1;/h5-8,10H,3-4H2,1-2H3;1-5H;/q2*-1;+2. The van der Waals surface area contributed by atoms with Crippen molar-refractivity contribution in [2.75, 3.05) is 6.61 Å². The van der Waals surface area contributed by atoms with Gasteiger partial charge in [0, 0.05) is 0 Å². The Labute approximate surface area is 126 Å². The molecule has 2 aromatic carbocycles. The number of carbonyl (C=O) groups excluding carboxylic acids is 1. The Kier molecular flexibility index (Phi) is 9.87. The molecule has 2 nitrogen and oxygen atoms in total. The molecule has 3 heteroatoms. The van der Waals surface area contributed by atoms with Gasteiger partial charge in [0.2, 0.25) is 0 Å². The predicted molar refractivity (Wildman–Crippen MR) is 73.7 cm³/mol. The number of ether oxygens (including phenoxy) is 1. The van der Waals surface area contributed by atoms with Crippen LogP contribution in [0.4, 0.5) is 0 Å². The monoisotopic (exact) mass is 300 g/mol. The van der Waals surface area contributed by atoms with Crippen molar-refractivity contribution in [2.24, 2.45) is 0 Å². The van der Waals surface area contributed by atoms with Crippen molar-refractivity contribution in [1.82, 2.24) is 0 Å². The fourth-order valence-electron chi connectivity index (χ4n) is 1.72. The first kappa shape index (κ1) is 17.7. The fourth-order valence-corrected chi connectivity index (χ4v) is 1.72. The molecule has 104 valence electrons. The smallest absolute Gasteiger partial charge is 0.466 e. The van der Waals surface area contributed by atoms with Crippen LogP contribution in [0.25, 0.3) is 0 Å². The summed E-state index contributed by atoms with van der Waals surface area (Å²) in [5.74, 6) is -0.203. The van der Waals surface area contributed by atoms with Crippen LogP contribution in [-0.2, 0) is 26.6 Å². The Balaban J connectivity index is 0.000000454. The van der Waals surface area contributed by atoms with Gasteiger partial charge in [-0.15, -0.1) is 0 Å². The average Bonchev–Trinajstić information content (AvgIpc) is 3.06. The molecule has 0 bridgehead atoms. The first-order valence-electron chi connectivity index (χ1n) is 6.34. The minimum atomic E-state index is -0.115. The third kappa shape index (κ3) is 6.42. The van der Waals surface area contributed by atoms with Gasteiger partial charge in [-0.3, -0.25) is 4.79 Å². The summed E-state index contributed by atoms with van der Waals surface area (Å²) in [7, 11) is 0. The van der Waals surface area contributed by atoms with Crippen LogP contribution in [-0.4, -0.2) is 12.6 Å². The van der Waals surface area contributed by atoms with Crippen LogP contribution in [0.3, 0.4) is 0 Å².